The van der Waals surface area contributed by atoms with E-state index >= 15 is 0 Å². The molecule has 0 saturated carbocycles. The first-order valence-corrected chi connectivity index (χ1v) is 8.40. The van der Waals surface area contributed by atoms with Crippen LogP contribution in [0, 0.1) is 11.3 Å². The number of hydrogen-bond acceptors (Lipinski definition) is 4. The van der Waals surface area contributed by atoms with E-state index in [0.29, 0.717) is 31.5 Å². The van der Waals surface area contributed by atoms with Crippen molar-refractivity contribution in [2.24, 2.45) is 11.3 Å². The zero-order valence-corrected chi connectivity index (χ0v) is 14.7. The molecule has 1 unspecified atom stereocenters. The number of nitrogens with zero attached hydrogens (tertiary/aromatic N) is 2. The van der Waals surface area contributed by atoms with Crippen molar-refractivity contribution in [3.05, 3.63) is 0 Å². The summed E-state index contributed by atoms with van der Waals surface area (Å²) in [6.07, 6.45) is 3.80. The number of hydrogen-bond donors (Lipinski definition) is 1. The Hall–Kier alpha value is -0.850. The average Bonchev–Trinajstić information content (AvgIpc) is 3.13. The van der Waals surface area contributed by atoms with Gasteiger partial charge in [0.2, 0.25) is 11.8 Å². The summed E-state index contributed by atoms with van der Waals surface area (Å²) in [5, 5.41) is 3.45. The summed E-state index contributed by atoms with van der Waals surface area (Å²) in [6.45, 7) is 5.60. The van der Waals surface area contributed by atoms with Crippen LogP contribution in [0.4, 0.5) is 0 Å². The molecular formula is C16H28ClN3O3. The fourth-order valence-electron chi connectivity index (χ4n) is 4.04. The summed E-state index contributed by atoms with van der Waals surface area (Å²) in [5.74, 6) is 0.109. The maximum absolute atomic E-state index is 12.7. The van der Waals surface area contributed by atoms with Crippen molar-refractivity contribution >= 4 is 24.2 Å². The molecule has 3 aliphatic rings. The SMILES string of the molecule is COCCN1CC(C(=O)N2CCC3(CCNC3)CC2)CC1=O.Cl. The van der Waals surface area contributed by atoms with Gasteiger partial charge in [0.05, 0.1) is 12.5 Å². The molecule has 7 heteroatoms. The zero-order valence-electron chi connectivity index (χ0n) is 13.9. The number of ether oxygens (including phenoxy) is 1. The van der Waals surface area contributed by atoms with E-state index in [2.05, 4.69) is 5.32 Å². The topological polar surface area (TPSA) is 61.9 Å². The molecule has 3 heterocycles. The van der Waals surface area contributed by atoms with E-state index in [1.807, 2.05) is 4.90 Å². The van der Waals surface area contributed by atoms with Crippen LogP contribution in [0.5, 0.6) is 0 Å². The lowest BCUT2D eigenvalue weighted by Crippen LogP contribution is -2.46. The van der Waals surface area contributed by atoms with Crippen LogP contribution in [0.2, 0.25) is 0 Å². The molecule has 6 nitrogen and oxygen atoms in total. The molecule has 3 aliphatic heterocycles. The monoisotopic (exact) mass is 345 g/mol. The maximum atomic E-state index is 12.7. The lowest BCUT2D eigenvalue weighted by atomic mass is 9.77. The standard InChI is InChI=1S/C16H27N3O3.ClH/c1-22-9-8-19-11-13(10-14(19)20)15(21)18-6-3-16(4-7-18)2-5-17-12-16;/h13,17H,2-12H2,1H3;1H. The quantitative estimate of drug-likeness (QED) is 0.806. The van der Waals surface area contributed by atoms with E-state index in [1.165, 1.54) is 6.42 Å². The van der Waals surface area contributed by atoms with E-state index < -0.39 is 0 Å². The van der Waals surface area contributed by atoms with Crippen molar-refractivity contribution in [3.8, 4) is 0 Å². The van der Waals surface area contributed by atoms with Gasteiger partial charge in [-0.05, 0) is 31.2 Å². The number of amides is 2. The first-order chi connectivity index (χ1) is 10.6. The molecule has 0 aliphatic carbocycles. The lowest BCUT2D eigenvalue weighted by molar-refractivity contribution is -0.138. The molecule has 3 saturated heterocycles. The molecule has 132 valence electrons. The van der Waals surface area contributed by atoms with Crippen LogP contribution in [0.3, 0.4) is 0 Å². The highest BCUT2D eigenvalue weighted by Crippen LogP contribution is 2.37. The van der Waals surface area contributed by atoms with E-state index in [-0.39, 0.29) is 30.1 Å². The van der Waals surface area contributed by atoms with Crippen molar-refractivity contribution in [1.82, 2.24) is 15.1 Å². The van der Waals surface area contributed by atoms with Crippen molar-refractivity contribution in [2.75, 3.05) is 53.0 Å². The van der Waals surface area contributed by atoms with Gasteiger partial charge in [-0.25, -0.2) is 0 Å². The molecule has 0 aromatic rings. The van der Waals surface area contributed by atoms with E-state index in [4.69, 9.17) is 4.74 Å². The van der Waals surface area contributed by atoms with Gasteiger partial charge >= 0.3 is 0 Å². The molecule has 2 amide bonds. The second-order valence-corrected chi connectivity index (χ2v) is 6.99. The molecule has 1 N–H and O–H groups in total. The summed E-state index contributed by atoms with van der Waals surface area (Å²) in [4.78, 5) is 28.4. The van der Waals surface area contributed by atoms with Gasteiger partial charge in [0.25, 0.3) is 0 Å². The number of rotatable bonds is 4. The number of piperidine rings is 1. The number of carbonyl (C=O) groups excluding carboxylic acids is 2. The number of nitrogens with one attached hydrogen (secondary N) is 1. The minimum Gasteiger partial charge on any atom is -0.383 e. The summed E-state index contributed by atoms with van der Waals surface area (Å²) < 4.78 is 5.02. The molecule has 0 radical (unpaired) electrons. The third-order valence-corrected chi connectivity index (χ3v) is 5.60. The fourth-order valence-corrected chi connectivity index (χ4v) is 4.04. The average molecular weight is 346 g/mol. The van der Waals surface area contributed by atoms with Gasteiger partial charge in [-0.1, -0.05) is 0 Å². The number of halogens is 1. The molecule has 0 bridgehead atoms. The summed E-state index contributed by atoms with van der Waals surface area (Å²) >= 11 is 0. The van der Waals surface area contributed by atoms with Crippen molar-refractivity contribution in [2.45, 2.75) is 25.7 Å². The molecule has 1 atom stereocenters. The van der Waals surface area contributed by atoms with E-state index in [1.54, 1.807) is 12.0 Å². The molecule has 1 spiro atoms. The van der Waals surface area contributed by atoms with Gasteiger partial charge in [0.15, 0.2) is 0 Å². The van der Waals surface area contributed by atoms with Gasteiger partial charge in [0.1, 0.15) is 0 Å². The van der Waals surface area contributed by atoms with Crippen molar-refractivity contribution in [1.29, 1.82) is 0 Å². The first-order valence-electron chi connectivity index (χ1n) is 8.40. The van der Waals surface area contributed by atoms with Crippen LogP contribution in [0.25, 0.3) is 0 Å². The smallest absolute Gasteiger partial charge is 0.227 e. The third-order valence-electron chi connectivity index (χ3n) is 5.60. The van der Waals surface area contributed by atoms with Crippen LogP contribution in [-0.4, -0.2) is 74.6 Å². The van der Waals surface area contributed by atoms with Crippen LogP contribution in [0.15, 0.2) is 0 Å². The highest BCUT2D eigenvalue weighted by molar-refractivity contribution is 5.89. The number of methoxy groups -OCH3 is 1. The number of carbonyl (C=O) groups is 2. The van der Waals surface area contributed by atoms with Crippen molar-refractivity contribution in [3.63, 3.8) is 0 Å². The Morgan fingerprint density at radius 3 is 2.70 bits per heavy atom. The van der Waals surface area contributed by atoms with Gasteiger partial charge in [0, 0.05) is 46.3 Å². The van der Waals surface area contributed by atoms with Crippen LogP contribution in [0.1, 0.15) is 25.7 Å². The normalized spacial score (nSPS) is 26.7. The second kappa shape index (κ2) is 7.81. The van der Waals surface area contributed by atoms with Crippen LogP contribution in [-0.2, 0) is 14.3 Å². The highest BCUT2D eigenvalue weighted by atomic mass is 35.5. The van der Waals surface area contributed by atoms with Crippen molar-refractivity contribution < 1.29 is 14.3 Å². The largest absolute Gasteiger partial charge is 0.383 e. The fraction of sp³-hybridized carbons (Fsp3) is 0.875. The van der Waals surface area contributed by atoms with E-state index in [0.717, 1.165) is 39.0 Å². The van der Waals surface area contributed by atoms with Gasteiger partial charge in [-0.15, -0.1) is 12.4 Å². The summed E-state index contributed by atoms with van der Waals surface area (Å²) in [6, 6.07) is 0. The number of likely N-dealkylation sites (tertiary alicyclic amines) is 2. The minimum absolute atomic E-state index is 0. The molecule has 23 heavy (non-hydrogen) atoms. The van der Waals surface area contributed by atoms with Gasteiger partial charge in [-0.3, -0.25) is 9.59 Å². The summed E-state index contributed by atoms with van der Waals surface area (Å²) in [5.41, 5.74) is 0.423. The maximum Gasteiger partial charge on any atom is 0.227 e. The molecular weight excluding hydrogens is 318 g/mol. The molecule has 0 aromatic carbocycles. The predicted molar refractivity (Wildman–Crippen MR) is 89.5 cm³/mol. The van der Waals surface area contributed by atoms with Gasteiger partial charge in [-0.2, -0.15) is 0 Å². The Bertz CT molecular complexity index is 430. The first kappa shape index (κ1) is 18.5. The zero-order chi connectivity index (χ0) is 15.6. The van der Waals surface area contributed by atoms with E-state index in [9.17, 15) is 9.59 Å². The Labute approximate surface area is 144 Å². The Balaban J connectivity index is 0.00000192. The molecule has 3 rings (SSSR count). The molecule has 3 fully saturated rings. The minimum atomic E-state index is -0.153. The molecule has 0 aromatic heterocycles. The third kappa shape index (κ3) is 3.98. The van der Waals surface area contributed by atoms with Gasteiger partial charge < -0.3 is 19.9 Å². The lowest BCUT2D eigenvalue weighted by Gasteiger charge is -2.39. The second-order valence-electron chi connectivity index (χ2n) is 6.99. The van der Waals surface area contributed by atoms with Crippen LogP contribution < -0.4 is 5.32 Å². The Kier molecular flexibility index (Phi) is 6.28. The Morgan fingerprint density at radius 1 is 1.35 bits per heavy atom. The van der Waals surface area contributed by atoms with Crippen LogP contribution >= 0.6 is 12.4 Å². The Morgan fingerprint density at radius 2 is 2.09 bits per heavy atom. The predicted octanol–water partition coefficient (Wildman–Crippen LogP) is 0.505. The highest BCUT2D eigenvalue weighted by Gasteiger charge is 2.41. The summed E-state index contributed by atoms with van der Waals surface area (Å²) in [7, 11) is 1.63.